The van der Waals surface area contributed by atoms with Crippen LogP contribution in [0.5, 0.6) is 5.75 Å². The van der Waals surface area contributed by atoms with Crippen molar-refractivity contribution in [2.24, 2.45) is 0 Å². The van der Waals surface area contributed by atoms with Crippen LogP contribution in [0.3, 0.4) is 0 Å². The lowest BCUT2D eigenvalue weighted by Crippen LogP contribution is -2.45. The fraction of sp³-hybridized carbons (Fsp3) is 0.500. The van der Waals surface area contributed by atoms with Crippen molar-refractivity contribution in [3.8, 4) is 5.75 Å². The molecule has 3 nitrogen and oxygen atoms in total. The molecule has 1 aromatic carbocycles. The summed E-state index contributed by atoms with van der Waals surface area (Å²) in [5, 5.41) is 9.57. The number of rotatable bonds is 2. The number of hydrogen-bond acceptors (Lipinski definition) is 3. The van der Waals surface area contributed by atoms with Crippen molar-refractivity contribution in [3.63, 3.8) is 0 Å². The van der Waals surface area contributed by atoms with E-state index in [1.165, 1.54) is 0 Å². The molecule has 1 aromatic rings. The second kappa shape index (κ2) is 4.49. The first-order valence-corrected chi connectivity index (χ1v) is 6.04. The molecule has 3 heteroatoms. The third kappa shape index (κ3) is 2.20. The van der Waals surface area contributed by atoms with Gasteiger partial charge < -0.3 is 10.0 Å². The zero-order valence-corrected chi connectivity index (χ0v) is 10.4. The molecule has 0 amide bonds. The van der Waals surface area contributed by atoms with Crippen LogP contribution < -0.4 is 0 Å². The second-order valence-corrected chi connectivity index (χ2v) is 4.99. The molecule has 0 bridgehead atoms. The highest BCUT2D eigenvalue weighted by molar-refractivity contribution is 5.88. The molecule has 2 rings (SSSR count). The Labute approximate surface area is 102 Å². The van der Waals surface area contributed by atoms with E-state index in [9.17, 15) is 9.90 Å². The number of hydrogen-bond donors (Lipinski definition) is 1. The number of phenols is 1. The van der Waals surface area contributed by atoms with Crippen LogP contribution in [-0.2, 0) is 10.2 Å². The normalized spacial score (nSPS) is 20.1. The number of aromatic hydroxyl groups is 1. The number of benzene rings is 1. The van der Waals surface area contributed by atoms with Crippen molar-refractivity contribution in [1.82, 2.24) is 4.90 Å². The molecule has 1 fully saturated rings. The minimum absolute atomic E-state index is 0.205. The number of piperidine rings is 1. The van der Waals surface area contributed by atoms with Gasteiger partial charge >= 0.3 is 0 Å². The summed E-state index contributed by atoms with van der Waals surface area (Å²) in [5.41, 5.74) is 0.559. The highest BCUT2D eigenvalue weighted by atomic mass is 16.3. The molecule has 1 saturated heterocycles. The standard InChI is InChI=1S/C14H19NO2/c1-11(16)14(6-8-15(2)9-7-14)12-4-3-5-13(17)10-12/h3-5,10,17H,6-9H2,1-2H3. The predicted octanol–water partition coefficient (Wildman–Crippen LogP) is 1.94. The summed E-state index contributed by atoms with van der Waals surface area (Å²) < 4.78 is 0. The molecule has 0 aromatic heterocycles. The SMILES string of the molecule is CC(=O)C1(c2cccc(O)c2)CCN(C)CC1. The minimum atomic E-state index is -0.398. The van der Waals surface area contributed by atoms with Gasteiger partial charge in [0.15, 0.2) is 0 Å². The van der Waals surface area contributed by atoms with Gasteiger partial charge in [-0.2, -0.15) is 0 Å². The largest absolute Gasteiger partial charge is 0.508 e. The second-order valence-electron chi connectivity index (χ2n) is 4.99. The van der Waals surface area contributed by atoms with E-state index in [2.05, 4.69) is 11.9 Å². The maximum Gasteiger partial charge on any atom is 0.140 e. The first kappa shape index (κ1) is 12.1. The maximum atomic E-state index is 12.0. The van der Waals surface area contributed by atoms with Gasteiger partial charge in [-0.3, -0.25) is 4.79 Å². The quantitative estimate of drug-likeness (QED) is 0.848. The fourth-order valence-corrected chi connectivity index (χ4v) is 2.65. The van der Waals surface area contributed by atoms with E-state index in [1.807, 2.05) is 12.1 Å². The molecular weight excluding hydrogens is 214 g/mol. The lowest BCUT2D eigenvalue weighted by atomic mass is 9.70. The van der Waals surface area contributed by atoms with E-state index in [0.717, 1.165) is 31.5 Å². The van der Waals surface area contributed by atoms with Gasteiger partial charge in [-0.15, -0.1) is 0 Å². The van der Waals surface area contributed by atoms with E-state index >= 15 is 0 Å². The Morgan fingerprint density at radius 1 is 1.35 bits per heavy atom. The van der Waals surface area contributed by atoms with Crippen molar-refractivity contribution in [3.05, 3.63) is 29.8 Å². The Bertz CT molecular complexity index is 420. The van der Waals surface area contributed by atoms with Crippen molar-refractivity contribution in [2.75, 3.05) is 20.1 Å². The highest BCUT2D eigenvalue weighted by Gasteiger charge is 2.39. The Morgan fingerprint density at radius 3 is 2.53 bits per heavy atom. The predicted molar refractivity (Wildman–Crippen MR) is 67.2 cm³/mol. The van der Waals surface area contributed by atoms with Crippen LogP contribution in [0, 0.1) is 0 Å². The number of Topliss-reactive ketones (excluding diaryl/α,β-unsaturated/α-hetero) is 1. The average molecular weight is 233 g/mol. The Morgan fingerprint density at radius 2 is 2.00 bits per heavy atom. The first-order chi connectivity index (χ1) is 8.04. The molecular formula is C14H19NO2. The van der Waals surface area contributed by atoms with E-state index in [1.54, 1.807) is 19.1 Å². The number of carbonyl (C=O) groups is 1. The molecule has 17 heavy (non-hydrogen) atoms. The van der Waals surface area contributed by atoms with E-state index in [0.29, 0.717) is 0 Å². The third-order valence-corrected chi connectivity index (χ3v) is 3.91. The molecule has 1 heterocycles. The molecule has 0 aliphatic carbocycles. The number of nitrogens with zero attached hydrogens (tertiary/aromatic N) is 1. The molecule has 0 radical (unpaired) electrons. The Hall–Kier alpha value is -1.35. The van der Waals surface area contributed by atoms with E-state index in [-0.39, 0.29) is 11.5 Å². The van der Waals surface area contributed by atoms with Crippen LogP contribution in [0.25, 0.3) is 0 Å². The topological polar surface area (TPSA) is 40.5 Å². The molecule has 1 aliphatic heterocycles. The maximum absolute atomic E-state index is 12.0. The molecule has 0 saturated carbocycles. The lowest BCUT2D eigenvalue weighted by molar-refractivity contribution is -0.124. The van der Waals surface area contributed by atoms with Crippen LogP contribution in [-0.4, -0.2) is 35.9 Å². The van der Waals surface area contributed by atoms with Crippen molar-refractivity contribution < 1.29 is 9.90 Å². The van der Waals surface area contributed by atoms with Crippen molar-refractivity contribution in [2.45, 2.75) is 25.2 Å². The van der Waals surface area contributed by atoms with Gasteiger partial charge in [0.25, 0.3) is 0 Å². The van der Waals surface area contributed by atoms with Gasteiger partial charge in [-0.25, -0.2) is 0 Å². The third-order valence-electron chi connectivity index (χ3n) is 3.91. The van der Waals surface area contributed by atoms with Crippen molar-refractivity contribution >= 4 is 5.78 Å². The van der Waals surface area contributed by atoms with Crippen LogP contribution in [0.1, 0.15) is 25.3 Å². The Balaban J connectivity index is 2.38. The highest BCUT2D eigenvalue weighted by Crippen LogP contribution is 2.37. The van der Waals surface area contributed by atoms with Crippen LogP contribution >= 0.6 is 0 Å². The molecule has 92 valence electrons. The van der Waals surface area contributed by atoms with Crippen LogP contribution in [0.2, 0.25) is 0 Å². The minimum Gasteiger partial charge on any atom is -0.508 e. The van der Waals surface area contributed by atoms with Gasteiger partial charge in [0.1, 0.15) is 11.5 Å². The van der Waals surface area contributed by atoms with Gasteiger partial charge in [0, 0.05) is 0 Å². The summed E-state index contributed by atoms with van der Waals surface area (Å²) in [4.78, 5) is 14.3. The zero-order chi connectivity index (χ0) is 12.5. The van der Waals surface area contributed by atoms with Gasteiger partial charge in [0.2, 0.25) is 0 Å². The van der Waals surface area contributed by atoms with E-state index < -0.39 is 5.41 Å². The summed E-state index contributed by atoms with van der Waals surface area (Å²) in [7, 11) is 2.08. The number of phenolic OH excluding ortho intramolecular Hbond substituents is 1. The Kier molecular flexibility index (Phi) is 3.20. The number of likely N-dealkylation sites (tertiary alicyclic amines) is 1. The fourth-order valence-electron chi connectivity index (χ4n) is 2.65. The summed E-state index contributed by atoms with van der Waals surface area (Å²) in [5.74, 6) is 0.443. The smallest absolute Gasteiger partial charge is 0.140 e. The van der Waals surface area contributed by atoms with Gasteiger partial charge in [-0.05, 0) is 57.6 Å². The van der Waals surface area contributed by atoms with Crippen molar-refractivity contribution in [1.29, 1.82) is 0 Å². The van der Waals surface area contributed by atoms with E-state index in [4.69, 9.17) is 0 Å². The molecule has 1 aliphatic rings. The summed E-state index contributed by atoms with van der Waals surface area (Å²) >= 11 is 0. The monoisotopic (exact) mass is 233 g/mol. The molecule has 0 atom stereocenters. The first-order valence-electron chi connectivity index (χ1n) is 6.04. The van der Waals surface area contributed by atoms with Gasteiger partial charge in [-0.1, -0.05) is 12.1 Å². The summed E-state index contributed by atoms with van der Waals surface area (Å²) in [6, 6.07) is 7.14. The number of carbonyl (C=O) groups excluding carboxylic acids is 1. The molecule has 0 unspecified atom stereocenters. The molecule has 0 spiro atoms. The van der Waals surface area contributed by atoms with Crippen LogP contribution in [0.15, 0.2) is 24.3 Å². The summed E-state index contributed by atoms with van der Waals surface area (Å²) in [6.45, 7) is 3.51. The lowest BCUT2D eigenvalue weighted by Gasteiger charge is -2.39. The average Bonchev–Trinajstić information content (AvgIpc) is 2.30. The molecule has 1 N–H and O–H groups in total. The van der Waals surface area contributed by atoms with Gasteiger partial charge in [0.05, 0.1) is 5.41 Å². The van der Waals surface area contributed by atoms with Crippen LogP contribution in [0.4, 0.5) is 0 Å². The number of ketones is 1. The zero-order valence-electron chi connectivity index (χ0n) is 10.4. The summed E-state index contributed by atoms with van der Waals surface area (Å²) in [6.07, 6.45) is 1.67.